The highest BCUT2D eigenvalue weighted by molar-refractivity contribution is 5.19. The number of nitrogens with one attached hydrogen (secondary N) is 3. The second-order valence-corrected chi connectivity index (χ2v) is 1.56. The second-order valence-electron chi connectivity index (χ2n) is 1.56. The molecule has 1 rings (SSSR count). The number of aromatic amines is 2. The Morgan fingerprint density at radius 3 is 3.00 bits per heavy atom. The summed E-state index contributed by atoms with van der Waals surface area (Å²) in [6, 6.07) is 0. The molecule has 50 valence electrons. The topological polar surface area (TPSA) is 73.6 Å². The minimum atomic E-state index is -0.286. The van der Waals surface area contributed by atoms with E-state index < -0.39 is 0 Å². The molecule has 0 fully saturated rings. The van der Waals surface area contributed by atoms with Gasteiger partial charge in [-0.3, -0.25) is 4.98 Å². The maximum absolute atomic E-state index is 10.4. The zero-order valence-corrected chi connectivity index (χ0v) is 5.06. The Morgan fingerprint density at radius 2 is 2.56 bits per heavy atom. The highest BCUT2D eigenvalue weighted by Crippen LogP contribution is 1.85. The van der Waals surface area contributed by atoms with Crippen LogP contribution in [0.4, 0.5) is 5.95 Å². The second kappa shape index (κ2) is 2.34. The Balaban J connectivity index is 2.73. The van der Waals surface area contributed by atoms with Crippen molar-refractivity contribution >= 4 is 5.95 Å². The number of aromatic nitrogens is 3. The summed E-state index contributed by atoms with van der Waals surface area (Å²) >= 11 is 0. The minimum absolute atomic E-state index is 0.286. The largest absolute Gasteiger partial charge is 0.355 e. The fourth-order valence-corrected chi connectivity index (χ4v) is 0.521. The van der Waals surface area contributed by atoms with Crippen molar-refractivity contribution in [1.82, 2.24) is 15.2 Å². The van der Waals surface area contributed by atoms with Crippen LogP contribution in [0.1, 0.15) is 6.92 Å². The average molecular weight is 128 g/mol. The van der Waals surface area contributed by atoms with Crippen LogP contribution >= 0.6 is 0 Å². The van der Waals surface area contributed by atoms with Crippen molar-refractivity contribution in [3.05, 3.63) is 10.5 Å². The molecule has 0 amide bonds. The van der Waals surface area contributed by atoms with Gasteiger partial charge in [0.15, 0.2) is 0 Å². The van der Waals surface area contributed by atoms with Crippen molar-refractivity contribution in [2.45, 2.75) is 6.92 Å². The molecule has 0 aliphatic heterocycles. The highest BCUT2D eigenvalue weighted by atomic mass is 16.1. The van der Waals surface area contributed by atoms with E-state index in [0.29, 0.717) is 5.95 Å². The molecule has 0 aromatic carbocycles. The van der Waals surface area contributed by atoms with Gasteiger partial charge in [0.2, 0.25) is 5.95 Å². The monoisotopic (exact) mass is 128 g/mol. The normalized spacial score (nSPS) is 9.44. The van der Waals surface area contributed by atoms with Crippen molar-refractivity contribution < 1.29 is 0 Å². The van der Waals surface area contributed by atoms with Crippen LogP contribution in [0.25, 0.3) is 0 Å². The molecule has 0 saturated carbocycles. The molecule has 1 heterocycles. The summed E-state index contributed by atoms with van der Waals surface area (Å²) in [5.41, 5.74) is -0.286. The Hall–Kier alpha value is -1.26. The average Bonchev–Trinajstić information content (AvgIpc) is 2.17. The number of anilines is 1. The molecule has 3 N–H and O–H groups in total. The van der Waals surface area contributed by atoms with Gasteiger partial charge >= 0.3 is 5.69 Å². The third-order valence-electron chi connectivity index (χ3n) is 0.845. The van der Waals surface area contributed by atoms with Crippen LogP contribution in [0.15, 0.2) is 4.79 Å². The lowest BCUT2D eigenvalue weighted by molar-refractivity contribution is 1.04. The first-order valence-corrected chi connectivity index (χ1v) is 2.71. The first kappa shape index (κ1) is 5.87. The van der Waals surface area contributed by atoms with E-state index in [1.54, 1.807) is 0 Å². The van der Waals surface area contributed by atoms with Crippen molar-refractivity contribution in [2.24, 2.45) is 0 Å². The summed E-state index contributed by atoms with van der Waals surface area (Å²) in [6.45, 7) is 2.67. The standard InChI is InChI=1S/C4H8N4O/c1-2-5-3-6-4(9)8-7-3/h2H2,1H3,(H3,5,6,7,8,9). The third kappa shape index (κ3) is 1.31. The Kier molecular flexibility index (Phi) is 1.53. The molecule has 0 unspecified atom stereocenters. The molecule has 9 heavy (non-hydrogen) atoms. The maximum atomic E-state index is 10.4. The molecule has 0 saturated heterocycles. The Labute approximate surface area is 51.5 Å². The molecular formula is C4H8N4O. The fraction of sp³-hybridized carbons (Fsp3) is 0.500. The maximum Gasteiger partial charge on any atom is 0.342 e. The summed E-state index contributed by atoms with van der Waals surface area (Å²) in [5.74, 6) is 0.488. The van der Waals surface area contributed by atoms with E-state index in [-0.39, 0.29) is 5.69 Å². The van der Waals surface area contributed by atoms with Crippen molar-refractivity contribution in [2.75, 3.05) is 11.9 Å². The molecule has 1 aromatic heterocycles. The van der Waals surface area contributed by atoms with Crippen LogP contribution in [-0.2, 0) is 0 Å². The molecular weight excluding hydrogens is 120 g/mol. The number of nitrogens with zero attached hydrogens (tertiary/aromatic N) is 1. The van der Waals surface area contributed by atoms with E-state index in [1.807, 2.05) is 6.92 Å². The first-order valence-electron chi connectivity index (χ1n) is 2.71. The van der Waals surface area contributed by atoms with Gasteiger partial charge in [-0.05, 0) is 6.92 Å². The van der Waals surface area contributed by atoms with Crippen LogP contribution < -0.4 is 11.0 Å². The van der Waals surface area contributed by atoms with Gasteiger partial charge in [0.05, 0.1) is 0 Å². The zero-order valence-electron chi connectivity index (χ0n) is 5.06. The quantitative estimate of drug-likeness (QED) is 0.504. The fourth-order valence-electron chi connectivity index (χ4n) is 0.521. The van der Waals surface area contributed by atoms with Crippen molar-refractivity contribution in [3.8, 4) is 0 Å². The third-order valence-corrected chi connectivity index (χ3v) is 0.845. The van der Waals surface area contributed by atoms with E-state index in [2.05, 4.69) is 20.5 Å². The lowest BCUT2D eigenvalue weighted by Gasteiger charge is -1.91. The molecule has 0 aliphatic carbocycles. The lowest BCUT2D eigenvalue weighted by Crippen LogP contribution is -2.02. The molecule has 0 bridgehead atoms. The Bertz CT molecular complexity index is 224. The van der Waals surface area contributed by atoms with Crippen LogP contribution in [0.3, 0.4) is 0 Å². The SMILES string of the molecule is CCNc1n[nH]c(=O)[nH]1. The summed E-state index contributed by atoms with van der Waals surface area (Å²) in [4.78, 5) is 12.8. The van der Waals surface area contributed by atoms with Gasteiger partial charge in [0, 0.05) is 6.54 Å². The van der Waals surface area contributed by atoms with Gasteiger partial charge < -0.3 is 5.32 Å². The summed E-state index contributed by atoms with van der Waals surface area (Å²) in [5, 5.41) is 8.66. The molecule has 0 spiro atoms. The number of H-pyrrole nitrogens is 2. The van der Waals surface area contributed by atoms with Crippen LogP contribution in [0.5, 0.6) is 0 Å². The highest BCUT2D eigenvalue weighted by Gasteiger charge is 1.90. The van der Waals surface area contributed by atoms with Gasteiger partial charge in [0.1, 0.15) is 0 Å². The first-order chi connectivity index (χ1) is 4.33. The van der Waals surface area contributed by atoms with E-state index >= 15 is 0 Å². The smallest absolute Gasteiger partial charge is 0.342 e. The molecule has 5 nitrogen and oxygen atoms in total. The van der Waals surface area contributed by atoms with Crippen molar-refractivity contribution in [3.63, 3.8) is 0 Å². The van der Waals surface area contributed by atoms with Gasteiger partial charge in [-0.15, -0.1) is 5.10 Å². The number of hydrogen-bond acceptors (Lipinski definition) is 3. The molecule has 0 atom stereocenters. The summed E-state index contributed by atoms with van der Waals surface area (Å²) < 4.78 is 0. The van der Waals surface area contributed by atoms with Gasteiger partial charge in [-0.1, -0.05) is 0 Å². The predicted octanol–water partition coefficient (Wildman–Crippen LogP) is -0.470. The van der Waals surface area contributed by atoms with Crippen LogP contribution in [0, 0.1) is 0 Å². The van der Waals surface area contributed by atoms with E-state index in [9.17, 15) is 4.79 Å². The van der Waals surface area contributed by atoms with E-state index in [0.717, 1.165) is 6.54 Å². The lowest BCUT2D eigenvalue weighted by atomic mass is 10.7. The molecule has 0 aliphatic rings. The van der Waals surface area contributed by atoms with Crippen LogP contribution in [-0.4, -0.2) is 21.7 Å². The van der Waals surface area contributed by atoms with Gasteiger partial charge in [-0.2, -0.15) is 0 Å². The molecule has 0 radical (unpaired) electrons. The van der Waals surface area contributed by atoms with Gasteiger partial charge in [0.25, 0.3) is 0 Å². The summed E-state index contributed by atoms with van der Waals surface area (Å²) in [7, 11) is 0. The zero-order chi connectivity index (χ0) is 6.69. The Morgan fingerprint density at radius 1 is 1.78 bits per heavy atom. The van der Waals surface area contributed by atoms with Crippen molar-refractivity contribution in [1.29, 1.82) is 0 Å². The van der Waals surface area contributed by atoms with E-state index in [1.165, 1.54) is 0 Å². The summed E-state index contributed by atoms with van der Waals surface area (Å²) in [6.07, 6.45) is 0. The van der Waals surface area contributed by atoms with Crippen LogP contribution in [0.2, 0.25) is 0 Å². The molecule has 1 aromatic rings. The predicted molar refractivity (Wildman–Crippen MR) is 33.4 cm³/mol. The molecule has 5 heteroatoms. The number of hydrogen-bond donors (Lipinski definition) is 3. The minimum Gasteiger partial charge on any atom is -0.355 e. The van der Waals surface area contributed by atoms with Gasteiger partial charge in [-0.25, -0.2) is 9.89 Å². The number of rotatable bonds is 2. The van der Waals surface area contributed by atoms with E-state index in [4.69, 9.17) is 0 Å².